The van der Waals surface area contributed by atoms with Gasteiger partial charge in [-0.15, -0.1) is 0 Å². The Hall–Kier alpha value is -1.43. The molecular weight excluding hydrogens is 274 g/mol. The van der Waals surface area contributed by atoms with Crippen LogP contribution in [0.15, 0.2) is 18.2 Å². The fraction of sp³-hybridized carbons (Fsp3) is 0.571. The molecule has 1 aromatic heterocycles. The number of amides is 2. The molecular formula is C14H21N3O2S. The highest BCUT2D eigenvalue weighted by Gasteiger charge is 2.31. The Morgan fingerprint density at radius 3 is 2.85 bits per heavy atom. The number of carbonyl (C=O) groups is 1. The van der Waals surface area contributed by atoms with Crippen molar-refractivity contribution in [2.45, 2.75) is 31.9 Å². The summed E-state index contributed by atoms with van der Waals surface area (Å²) < 4.78 is 11.8. The van der Waals surface area contributed by atoms with Crippen LogP contribution in [0.4, 0.5) is 10.6 Å². The molecule has 20 heavy (non-hydrogen) atoms. The minimum atomic E-state index is -0.893. The van der Waals surface area contributed by atoms with Gasteiger partial charge in [0.15, 0.2) is 0 Å². The van der Waals surface area contributed by atoms with E-state index in [1.165, 1.54) is 0 Å². The summed E-state index contributed by atoms with van der Waals surface area (Å²) in [6.45, 7) is 7.01. The Morgan fingerprint density at radius 2 is 2.15 bits per heavy atom. The first-order chi connectivity index (χ1) is 9.38. The summed E-state index contributed by atoms with van der Waals surface area (Å²) in [5.41, 5.74) is 0.862. The highest BCUT2D eigenvalue weighted by atomic mass is 32.2. The molecule has 1 aliphatic heterocycles. The summed E-state index contributed by atoms with van der Waals surface area (Å²) in [5.74, 6) is 1.08. The average molecular weight is 295 g/mol. The van der Waals surface area contributed by atoms with Crippen LogP contribution >= 0.6 is 0 Å². The van der Waals surface area contributed by atoms with Gasteiger partial charge in [-0.05, 0) is 39.3 Å². The molecule has 110 valence electrons. The lowest BCUT2D eigenvalue weighted by Crippen LogP contribution is -2.37. The van der Waals surface area contributed by atoms with Gasteiger partial charge in [0.05, 0.1) is 0 Å². The fourth-order valence-corrected chi connectivity index (χ4v) is 3.36. The molecule has 2 amide bonds. The second kappa shape index (κ2) is 5.91. The predicted octanol–water partition coefficient (Wildman–Crippen LogP) is 2.15. The maximum Gasteiger partial charge on any atom is 0.323 e. The number of rotatable bonds is 1. The summed E-state index contributed by atoms with van der Waals surface area (Å²) in [4.78, 5) is 18.2. The number of hydrogen-bond acceptors (Lipinski definition) is 3. The van der Waals surface area contributed by atoms with E-state index in [1.807, 2.05) is 32.9 Å². The molecule has 1 fully saturated rings. The molecule has 1 aromatic rings. The van der Waals surface area contributed by atoms with Crippen LogP contribution in [0, 0.1) is 6.92 Å². The minimum absolute atomic E-state index is 0.169. The van der Waals surface area contributed by atoms with E-state index in [2.05, 4.69) is 10.3 Å². The van der Waals surface area contributed by atoms with Crippen molar-refractivity contribution >= 4 is 22.6 Å². The third kappa shape index (κ3) is 3.56. The molecule has 6 heteroatoms. The van der Waals surface area contributed by atoms with E-state index < -0.39 is 10.8 Å². The highest BCUT2D eigenvalue weighted by molar-refractivity contribution is 7.86. The summed E-state index contributed by atoms with van der Waals surface area (Å²) in [7, 11) is -0.893. The average Bonchev–Trinajstić information content (AvgIpc) is 2.50. The number of carbonyl (C=O) groups excluding carboxylic acids is 1. The number of nitrogens with zero attached hydrogens (tertiary/aromatic N) is 2. The summed E-state index contributed by atoms with van der Waals surface area (Å²) in [6.07, 6.45) is 0.744. The Labute approximate surface area is 122 Å². The standard InChI is InChI=1S/C14H21N3O2S/c1-11-5-4-6-12(15-11)16-13(18)17-8-7-14(2,3)20(19)10-9-17/h4-6H,7-10H2,1-3H3,(H,15,16,18). The van der Waals surface area contributed by atoms with Gasteiger partial charge in [0.1, 0.15) is 5.82 Å². The smallest absolute Gasteiger partial charge is 0.323 e. The molecule has 2 heterocycles. The normalized spacial score (nSPS) is 22.1. The summed E-state index contributed by atoms with van der Waals surface area (Å²) in [6, 6.07) is 5.34. The molecule has 0 bridgehead atoms. The van der Waals surface area contributed by atoms with Crippen LogP contribution in [0.1, 0.15) is 26.0 Å². The summed E-state index contributed by atoms with van der Waals surface area (Å²) >= 11 is 0. The molecule has 5 nitrogen and oxygen atoms in total. The van der Waals surface area contributed by atoms with Crippen LogP contribution in [0.2, 0.25) is 0 Å². The lowest BCUT2D eigenvalue weighted by molar-refractivity contribution is 0.214. The van der Waals surface area contributed by atoms with E-state index in [0.717, 1.165) is 12.1 Å². The molecule has 1 unspecified atom stereocenters. The van der Waals surface area contributed by atoms with Gasteiger partial charge in [-0.25, -0.2) is 9.78 Å². The molecule has 0 saturated carbocycles. The number of pyridine rings is 1. The predicted molar refractivity (Wildman–Crippen MR) is 81.3 cm³/mol. The summed E-state index contributed by atoms with van der Waals surface area (Å²) in [5, 5.41) is 2.80. The molecule has 0 aliphatic carbocycles. The Bertz CT molecular complexity index is 531. The Morgan fingerprint density at radius 1 is 1.40 bits per heavy atom. The largest absolute Gasteiger partial charge is 0.324 e. The molecule has 0 radical (unpaired) electrons. The van der Waals surface area contributed by atoms with Crippen LogP contribution in [-0.2, 0) is 10.8 Å². The van der Waals surface area contributed by atoms with Crippen molar-refractivity contribution < 1.29 is 9.00 Å². The zero-order valence-corrected chi connectivity index (χ0v) is 13.0. The number of hydrogen-bond donors (Lipinski definition) is 1. The first-order valence-corrected chi connectivity index (χ1v) is 8.08. The number of urea groups is 1. The van der Waals surface area contributed by atoms with E-state index in [4.69, 9.17) is 0 Å². The van der Waals surface area contributed by atoms with Crippen molar-refractivity contribution in [1.82, 2.24) is 9.88 Å². The van der Waals surface area contributed by atoms with Crippen molar-refractivity contribution in [3.8, 4) is 0 Å². The van der Waals surface area contributed by atoms with Crippen molar-refractivity contribution in [3.63, 3.8) is 0 Å². The lowest BCUT2D eigenvalue weighted by atomic mass is 10.1. The van der Waals surface area contributed by atoms with Crippen LogP contribution in [-0.4, -0.2) is 43.7 Å². The highest BCUT2D eigenvalue weighted by Crippen LogP contribution is 2.22. The Balaban J connectivity index is 2.01. The van der Waals surface area contributed by atoms with Crippen LogP contribution < -0.4 is 5.32 Å². The molecule has 1 aliphatic rings. The SMILES string of the molecule is Cc1cccc(NC(=O)N2CCS(=O)C(C)(C)CC2)n1. The zero-order chi connectivity index (χ0) is 14.8. The molecule has 2 rings (SSSR count). The number of nitrogens with one attached hydrogen (secondary N) is 1. The molecule has 0 spiro atoms. The first kappa shape index (κ1) is 15.0. The minimum Gasteiger partial charge on any atom is -0.324 e. The molecule has 1 atom stereocenters. The van der Waals surface area contributed by atoms with Gasteiger partial charge in [0.2, 0.25) is 0 Å². The quantitative estimate of drug-likeness (QED) is 0.863. The number of aromatic nitrogens is 1. The molecule has 0 aromatic carbocycles. The number of aryl methyl sites for hydroxylation is 1. The fourth-order valence-electron chi connectivity index (χ4n) is 2.10. The topological polar surface area (TPSA) is 62.3 Å². The second-order valence-corrected chi connectivity index (χ2v) is 7.85. The van der Waals surface area contributed by atoms with E-state index in [1.54, 1.807) is 11.0 Å². The van der Waals surface area contributed by atoms with E-state index >= 15 is 0 Å². The van der Waals surface area contributed by atoms with Gasteiger partial charge in [0.25, 0.3) is 0 Å². The maximum atomic E-state index is 12.2. The van der Waals surface area contributed by atoms with Gasteiger partial charge in [-0.2, -0.15) is 0 Å². The monoisotopic (exact) mass is 295 g/mol. The van der Waals surface area contributed by atoms with Crippen molar-refractivity contribution in [3.05, 3.63) is 23.9 Å². The second-order valence-electron chi connectivity index (χ2n) is 5.64. The molecule has 1 saturated heterocycles. The van der Waals surface area contributed by atoms with E-state index in [0.29, 0.717) is 24.7 Å². The van der Waals surface area contributed by atoms with Crippen LogP contribution in [0.25, 0.3) is 0 Å². The first-order valence-electron chi connectivity index (χ1n) is 6.76. The lowest BCUT2D eigenvalue weighted by Gasteiger charge is -2.22. The third-order valence-electron chi connectivity index (χ3n) is 3.56. The molecule has 1 N–H and O–H groups in total. The van der Waals surface area contributed by atoms with Crippen LogP contribution in [0.5, 0.6) is 0 Å². The van der Waals surface area contributed by atoms with Crippen LogP contribution in [0.3, 0.4) is 0 Å². The Kier molecular flexibility index (Phi) is 4.42. The number of anilines is 1. The van der Waals surface area contributed by atoms with Gasteiger partial charge in [-0.3, -0.25) is 9.53 Å². The van der Waals surface area contributed by atoms with Crippen molar-refractivity contribution in [2.24, 2.45) is 0 Å². The van der Waals surface area contributed by atoms with Crippen molar-refractivity contribution in [2.75, 3.05) is 24.2 Å². The van der Waals surface area contributed by atoms with E-state index in [9.17, 15) is 9.00 Å². The maximum absolute atomic E-state index is 12.2. The van der Waals surface area contributed by atoms with E-state index in [-0.39, 0.29) is 10.8 Å². The third-order valence-corrected chi connectivity index (χ3v) is 5.55. The van der Waals surface area contributed by atoms with Gasteiger partial charge in [0, 0.05) is 40.1 Å². The zero-order valence-electron chi connectivity index (χ0n) is 12.2. The van der Waals surface area contributed by atoms with Crippen molar-refractivity contribution in [1.29, 1.82) is 0 Å². The van der Waals surface area contributed by atoms with Gasteiger partial charge >= 0.3 is 6.03 Å². The van der Waals surface area contributed by atoms with Gasteiger partial charge in [-0.1, -0.05) is 6.07 Å². The van der Waals surface area contributed by atoms with Gasteiger partial charge < -0.3 is 4.90 Å².